The number of aryl methyl sites for hydroxylation is 1. The summed E-state index contributed by atoms with van der Waals surface area (Å²) < 4.78 is 6.06. The highest BCUT2D eigenvalue weighted by Gasteiger charge is 2.14. The lowest BCUT2D eigenvalue weighted by molar-refractivity contribution is 0.591. The van der Waals surface area contributed by atoms with Crippen LogP contribution in [0.5, 0.6) is 0 Å². The molecule has 0 saturated carbocycles. The molecule has 2 N–H and O–H groups in total. The number of hydrogen-bond donors (Lipinski definition) is 2. The highest BCUT2D eigenvalue weighted by molar-refractivity contribution is 5.85. The van der Waals surface area contributed by atoms with Crippen LogP contribution >= 0.6 is 0 Å². The van der Waals surface area contributed by atoms with Crippen molar-refractivity contribution in [2.45, 2.75) is 6.92 Å². The van der Waals surface area contributed by atoms with Gasteiger partial charge in [0.15, 0.2) is 17.3 Å². The van der Waals surface area contributed by atoms with E-state index < -0.39 is 0 Å². The number of nitrogens with one attached hydrogen (secondary N) is 2. The summed E-state index contributed by atoms with van der Waals surface area (Å²) in [6, 6.07) is 24.4. The molecule has 0 aliphatic rings. The standard InChI is InChI=1S/C22H17N3O/c1-14-21(15-7-3-2-4-8-15)25-22(23-14)20-12-11-19(26-20)18-13-16-9-5-6-10-17(16)24-18/h2-13,24H,1H3,(H,23,25). The van der Waals surface area contributed by atoms with Gasteiger partial charge in [0, 0.05) is 22.2 Å². The Morgan fingerprint density at radius 3 is 2.42 bits per heavy atom. The third-order valence-corrected chi connectivity index (χ3v) is 4.57. The second kappa shape index (κ2) is 5.77. The van der Waals surface area contributed by atoms with E-state index in [2.05, 4.69) is 40.3 Å². The third kappa shape index (κ3) is 2.43. The van der Waals surface area contributed by atoms with Gasteiger partial charge in [0.05, 0.1) is 11.4 Å². The van der Waals surface area contributed by atoms with Crippen molar-refractivity contribution in [1.82, 2.24) is 15.0 Å². The summed E-state index contributed by atoms with van der Waals surface area (Å²) in [6.45, 7) is 2.03. The molecule has 0 aliphatic heterocycles. The van der Waals surface area contributed by atoms with Crippen LogP contribution in [0.4, 0.5) is 0 Å². The van der Waals surface area contributed by atoms with Gasteiger partial charge in [-0.25, -0.2) is 4.98 Å². The lowest BCUT2D eigenvalue weighted by atomic mass is 10.1. The number of furan rings is 1. The van der Waals surface area contributed by atoms with Gasteiger partial charge < -0.3 is 14.4 Å². The predicted octanol–water partition coefficient (Wildman–Crippen LogP) is 5.79. The minimum atomic E-state index is 0.726. The van der Waals surface area contributed by atoms with E-state index in [9.17, 15) is 0 Å². The summed E-state index contributed by atoms with van der Waals surface area (Å²) in [5.41, 5.74) is 5.12. The van der Waals surface area contributed by atoms with E-state index in [1.807, 2.05) is 49.4 Å². The fourth-order valence-corrected chi connectivity index (χ4v) is 3.27. The lowest BCUT2D eigenvalue weighted by Gasteiger charge is -1.96. The first-order valence-electron chi connectivity index (χ1n) is 8.58. The zero-order valence-electron chi connectivity index (χ0n) is 14.3. The lowest BCUT2D eigenvalue weighted by Crippen LogP contribution is -1.79. The smallest absolute Gasteiger partial charge is 0.174 e. The number of aromatic amines is 2. The Kier molecular flexibility index (Phi) is 3.28. The summed E-state index contributed by atoms with van der Waals surface area (Å²) in [4.78, 5) is 11.5. The fraction of sp³-hybridized carbons (Fsp3) is 0.0455. The van der Waals surface area contributed by atoms with Gasteiger partial charge in [0.25, 0.3) is 0 Å². The van der Waals surface area contributed by atoms with Crippen LogP contribution in [0.15, 0.2) is 77.2 Å². The molecule has 0 aliphatic carbocycles. The van der Waals surface area contributed by atoms with Crippen molar-refractivity contribution < 1.29 is 4.42 Å². The maximum atomic E-state index is 6.06. The average Bonchev–Trinajstić information content (AvgIpc) is 3.39. The van der Waals surface area contributed by atoms with E-state index in [1.54, 1.807) is 0 Å². The Balaban J connectivity index is 1.52. The average molecular weight is 339 g/mol. The van der Waals surface area contributed by atoms with E-state index in [-0.39, 0.29) is 0 Å². The molecule has 4 nitrogen and oxygen atoms in total. The maximum Gasteiger partial charge on any atom is 0.174 e. The van der Waals surface area contributed by atoms with Gasteiger partial charge in [0.1, 0.15) is 0 Å². The molecule has 126 valence electrons. The van der Waals surface area contributed by atoms with Crippen molar-refractivity contribution in [3.05, 3.63) is 78.5 Å². The van der Waals surface area contributed by atoms with Crippen LogP contribution in [-0.4, -0.2) is 15.0 Å². The Labute approximate surface area is 150 Å². The van der Waals surface area contributed by atoms with Crippen molar-refractivity contribution in [2.24, 2.45) is 0 Å². The highest BCUT2D eigenvalue weighted by Crippen LogP contribution is 2.31. The summed E-state index contributed by atoms with van der Waals surface area (Å²) in [5.74, 6) is 2.26. The van der Waals surface area contributed by atoms with E-state index in [4.69, 9.17) is 9.40 Å². The topological polar surface area (TPSA) is 57.6 Å². The third-order valence-electron chi connectivity index (χ3n) is 4.57. The van der Waals surface area contributed by atoms with E-state index in [0.29, 0.717) is 0 Å². The number of hydrogen-bond acceptors (Lipinski definition) is 2. The zero-order valence-corrected chi connectivity index (χ0v) is 14.3. The first kappa shape index (κ1) is 14.8. The first-order valence-corrected chi connectivity index (χ1v) is 8.58. The monoisotopic (exact) mass is 339 g/mol. The summed E-state index contributed by atoms with van der Waals surface area (Å²) in [7, 11) is 0. The molecule has 4 heteroatoms. The van der Waals surface area contributed by atoms with Crippen molar-refractivity contribution >= 4 is 10.9 Å². The molecule has 0 unspecified atom stereocenters. The molecule has 0 fully saturated rings. The molecule has 5 rings (SSSR count). The number of imidazole rings is 1. The molecule has 2 aromatic carbocycles. The van der Waals surface area contributed by atoms with Crippen LogP contribution < -0.4 is 0 Å². The number of fused-ring (bicyclic) bond motifs is 1. The van der Waals surface area contributed by atoms with Crippen molar-refractivity contribution in [3.63, 3.8) is 0 Å². The second-order valence-corrected chi connectivity index (χ2v) is 6.36. The normalized spacial score (nSPS) is 11.3. The van der Waals surface area contributed by atoms with Crippen LogP contribution in [0.3, 0.4) is 0 Å². The molecule has 26 heavy (non-hydrogen) atoms. The molecule has 5 aromatic rings. The van der Waals surface area contributed by atoms with Crippen LogP contribution in [0, 0.1) is 6.92 Å². The minimum Gasteiger partial charge on any atom is -0.451 e. The molecule has 0 bridgehead atoms. The molecule has 3 aromatic heterocycles. The maximum absolute atomic E-state index is 6.06. The van der Waals surface area contributed by atoms with Gasteiger partial charge in [-0.15, -0.1) is 0 Å². The van der Waals surface area contributed by atoms with E-state index in [1.165, 1.54) is 5.39 Å². The molecular weight excluding hydrogens is 322 g/mol. The molecule has 0 amide bonds. The number of benzene rings is 2. The molecule has 0 radical (unpaired) electrons. The summed E-state index contributed by atoms with van der Waals surface area (Å²) in [5, 5.41) is 1.17. The highest BCUT2D eigenvalue weighted by atomic mass is 16.3. The van der Waals surface area contributed by atoms with Crippen molar-refractivity contribution in [1.29, 1.82) is 0 Å². The molecular formula is C22H17N3O. The zero-order chi connectivity index (χ0) is 17.5. The Morgan fingerprint density at radius 2 is 1.58 bits per heavy atom. The van der Waals surface area contributed by atoms with Gasteiger partial charge in [-0.3, -0.25) is 0 Å². The fourth-order valence-electron chi connectivity index (χ4n) is 3.27. The summed E-state index contributed by atoms with van der Waals surface area (Å²) in [6.07, 6.45) is 0. The Morgan fingerprint density at radius 1 is 0.808 bits per heavy atom. The van der Waals surface area contributed by atoms with Crippen LogP contribution in [-0.2, 0) is 0 Å². The quantitative estimate of drug-likeness (QED) is 0.437. The molecule has 0 saturated heterocycles. The SMILES string of the molecule is Cc1[nH]c(-c2ccc(-c3cc4ccccc4[nH]3)o2)nc1-c1ccccc1. The van der Waals surface area contributed by atoms with Crippen molar-refractivity contribution in [2.75, 3.05) is 0 Å². The Hall–Kier alpha value is -3.53. The number of aromatic nitrogens is 3. The second-order valence-electron chi connectivity index (χ2n) is 6.36. The first-order chi connectivity index (χ1) is 12.8. The van der Waals surface area contributed by atoms with Gasteiger partial charge in [0.2, 0.25) is 0 Å². The van der Waals surface area contributed by atoms with Crippen molar-refractivity contribution in [3.8, 4) is 34.3 Å². The molecule has 3 heterocycles. The molecule has 0 spiro atoms. The number of rotatable bonds is 3. The van der Waals surface area contributed by atoms with Gasteiger partial charge >= 0.3 is 0 Å². The van der Waals surface area contributed by atoms with E-state index in [0.717, 1.165) is 45.5 Å². The number of nitrogens with zero attached hydrogens (tertiary/aromatic N) is 1. The van der Waals surface area contributed by atoms with Gasteiger partial charge in [-0.05, 0) is 31.2 Å². The van der Waals surface area contributed by atoms with Gasteiger partial charge in [-0.2, -0.15) is 0 Å². The number of H-pyrrole nitrogens is 2. The van der Waals surface area contributed by atoms with Crippen LogP contribution in [0.2, 0.25) is 0 Å². The summed E-state index contributed by atoms with van der Waals surface area (Å²) >= 11 is 0. The van der Waals surface area contributed by atoms with Crippen LogP contribution in [0.25, 0.3) is 45.2 Å². The largest absolute Gasteiger partial charge is 0.451 e. The van der Waals surface area contributed by atoms with Crippen LogP contribution in [0.1, 0.15) is 5.69 Å². The number of para-hydroxylation sites is 1. The van der Waals surface area contributed by atoms with E-state index >= 15 is 0 Å². The van der Waals surface area contributed by atoms with Gasteiger partial charge in [-0.1, -0.05) is 48.5 Å². The minimum absolute atomic E-state index is 0.726. The molecule has 0 atom stereocenters. The predicted molar refractivity (Wildman–Crippen MR) is 104 cm³/mol. The Bertz CT molecular complexity index is 1160.